The van der Waals surface area contributed by atoms with Crippen LogP contribution in [0.3, 0.4) is 0 Å². The molecular formula is C10H13Cl3N2O. The zero-order valence-electron chi connectivity index (χ0n) is 9.26. The van der Waals surface area contributed by atoms with Crippen LogP contribution in [0.4, 0.5) is 5.82 Å². The summed E-state index contributed by atoms with van der Waals surface area (Å²) in [5.74, 6) is 0.498. The Labute approximate surface area is 110 Å². The van der Waals surface area contributed by atoms with Gasteiger partial charge in [-0.2, -0.15) is 0 Å². The summed E-state index contributed by atoms with van der Waals surface area (Å²) < 4.78 is 0. The molecule has 0 radical (unpaired) electrons. The second kappa shape index (κ2) is 4.96. The Hall–Kier alpha value is -0.220. The number of nitrogens with zero attached hydrogens (tertiary/aromatic N) is 2. The Bertz CT molecular complexity index is 390. The molecule has 1 rings (SSSR count). The maximum absolute atomic E-state index is 9.69. The molecule has 6 heteroatoms. The van der Waals surface area contributed by atoms with Gasteiger partial charge in [0, 0.05) is 13.6 Å². The normalized spacial score (nSPS) is 11.7. The number of pyridine rings is 1. The van der Waals surface area contributed by atoms with E-state index in [9.17, 15) is 5.11 Å². The van der Waals surface area contributed by atoms with E-state index in [1.54, 1.807) is 25.8 Å². The van der Waals surface area contributed by atoms with Crippen LogP contribution < -0.4 is 4.90 Å². The Morgan fingerprint density at radius 2 is 1.88 bits per heavy atom. The highest BCUT2D eigenvalue weighted by Crippen LogP contribution is 2.31. The lowest BCUT2D eigenvalue weighted by Gasteiger charge is -2.27. The van der Waals surface area contributed by atoms with Crippen molar-refractivity contribution >= 4 is 40.6 Å². The number of aromatic nitrogens is 1. The standard InChI is InChI=1S/C10H13Cl3N2O/c1-10(2,16)5-15(3)9-7(12)4-6(11)8(13)14-9/h4,16H,5H2,1-3H3. The molecule has 1 aromatic heterocycles. The van der Waals surface area contributed by atoms with Crippen LogP contribution in [0.5, 0.6) is 0 Å². The SMILES string of the molecule is CN(CC(C)(C)O)c1nc(Cl)c(Cl)cc1Cl. The van der Waals surface area contributed by atoms with Gasteiger partial charge in [0.05, 0.1) is 15.6 Å². The van der Waals surface area contributed by atoms with Crippen molar-refractivity contribution in [1.82, 2.24) is 4.98 Å². The molecule has 0 bridgehead atoms. The molecule has 0 fully saturated rings. The van der Waals surface area contributed by atoms with Crippen LogP contribution in [-0.4, -0.2) is 29.3 Å². The average molecular weight is 284 g/mol. The number of anilines is 1. The summed E-state index contributed by atoms with van der Waals surface area (Å²) in [4.78, 5) is 5.80. The van der Waals surface area contributed by atoms with Gasteiger partial charge < -0.3 is 10.0 Å². The van der Waals surface area contributed by atoms with Crippen molar-refractivity contribution in [2.24, 2.45) is 0 Å². The summed E-state index contributed by atoms with van der Waals surface area (Å²) in [6.45, 7) is 3.79. The third-order valence-corrected chi connectivity index (χ3v) is 2.80. The predicted molar refractivity (Wildman–Crippen MR) is 68.8 cm³/mol. The molecule has 0 aliphatic heterocycles. The number of likely N-dealkylation sites (N-methyl/N-ethyl adjacent to an activating group) is 1. The highest BCUT2D eigenvalue weighted by Gasteiger charge is 2.19. The van der Waals surface area contributed by atoms with Gasteiger partial charge in [-0.1, -0.05) is 34.8 Å². The maximum Gasteiger partial charge on any atom is 0.150 e. The quantitative estimate of drug-likeness (QED) is 0.865. The van der Waals surface area contributed by atoms with Gasteiger partial charge >= 0.3 is 0 Å². The summed E-state index contributed by atoms with van der Waals surface area (Å²) in [5.41, 5.74) is -0.841. The number of hydrogen-bond donors (Lipinski definition) is 1. The van der Waals surface area contributed by atoms with Crippen LogP contribution in [-0.2, 0) is 0 Å². The van der Waals surface area contributed by atoms with Gasteiger partial charge in [0.15, 0.2) is 0 Å². The number of rotatable bonds is 3. The van der Waals surface area contributed by atoms with Crippen LogP contribution in [0.1, 0.15) is 13.8 Å². The molecule has 1 N–H and O–H groups in total. The predicted octanol–water partition coefficient (Wildman–Crippen LogP) is 3.25. The number of hydrogen-bond acceptors (Lipinski definition) is 3. The Balaban J connectivity index is 3.00. The Morgan fingerprint density at radius 1 is 1.31 bits per heavy atom. The van der Waals surface area contributed by atoms with Gasteiger partial charge in [-0.15, -0.1) is 0 Å². The Kier molecular flexibility index (Phi) is 4.29. The zero-order valence-corrected chi connectivity index (χ0v) is 11.5. The van der Waals surface area contributed by atoms with E-state index in [0.717, 1.165) is 0 Å². The fourth-order valence-corrected chi connectivity index (χ4v) is 2.00. The smallest absolute Gasteiger partial charge is 0.150 e. The molecule has 0 spiro atoms. The molecule has 0 aliphatic carbocycles. The van der Waals surface area contributed by atoms with Gasteiger partial charge in [-0.3, -0.25) is 0 Å². The number of aliphatic hydroxyl groups is 1. The summed E-state index contributed by atoms with van der Waals surface area (Å²) in [5, 5.41) is 10.6. The van der Waals surface area contributed by atoms with Crippen molar-refractivity contribution in [3.63, 3.8) is 0 Å². The van der Waals surface area contributed by atoms with E-state index in [1.807, 2.05) is 0 Å². The zero-order chi connectivity index (χ0) is 12.5. The summed E-state index contributed by atoms with van der Waals surface area (Å²) in [7, 11) is 1.77. The lowest BCUT2D eigenvalue weighted by molar-refractivity contribution is 0.0884. The maximum atomic E-state index is 9.69. The fraction of sp³-hybridized carbons (Fsp3) is 0.500. The van der Waals surface area contributed by atoms with E-state index in [4.69, 9.17) is 34.8 Å². The first-order chi connectivity index (χ1) is 7.20. The Morgan fingerprint density at radius 3 is 2.38 bits per heavy atom. The van der Waals surface area contributed by atoms with Crippen molar-refractivity contribution in [3.05, 3.63) is 21.3 Å². The fourth-order valence-electron chi connectivity index (χ4n) is 1.36. The first-order valence-corrected chi connectivity index (χ1v) is 5.79. The minimum absolute atomic E-state index is 0.198. The molecule has 0 atom stereocenters. The van der Waals surface area contributed by atoms with E-state index in [2.05, 4.69) is 4.98 Å². The number of halogens is 3. The minimum atomic E-state index is -0.841. The highest BCUT2D eigenvalue weighted by atomic mass is 35.5. The van der Waals surface area contributed by atoms with Crippen molar-refractivity contribution < 1.29 is 5.11 Å². The van der Waals surface area contributed by atoms with Crippen LogP contribution in [0.2, 0.25) is 15.2 Å². The van der Waals surface area contributed by atoms with E-state index >= 15 is 0 Å². The van der Waals surface area contributed by atoms with Crippen molar-refractivity contribution in [2.45, 2.75) is 19.4 Å². The summed E-state index contributed by atoms with van der Waals surface area (Å²) in [6, 6.07) is 1.54. The first kappa shape index (κ1) is 13.8. The van der Waals surface area contributed by atoms with Gasteiger partial charge in [-0.25, -0.2) is 4.98 Å². The van der Waals surface area contributed by atoms with Crippen LogP contribution in [0.15, 0.2) is 6.07 Å². The summed E-state index contributed by atoms with van der Waals surface area (Å²) in [6.07, 6.45) is 0. The van der Waals surface area contributed by atoms with Crippen molar-refractivity contribution in [3.8, 4) is 0 Å². The van der Waals surface area contributed by atoms with E-state index in [0.29, 0.717) is 22.4 Å². The van der Waals surface area contributed by atoms with E-state index < -0.39 is 5.60 Å². The highest BCUT2D eigenvalue weighted by molar-refractivity contribution is 6.42. The molecule has 0 saturated heterocycles. The van der Waals surface area contributed by atoms with Gasteiger partial charge in [0.2, 0.25) is 0 Å². The second-order valence-electron chi connectivity index (χ2n) is 4.23. The third-order valence-electron chi connectivity index (χ3n) is 1.85. The lowest BCUT2D eigenvalue weighted by Crippen LogP contribution is -2.36. The van der Waals surface area contributed by atoms with E-state index in [-0.39, 0.29) is 5.15 Å². The van der Waals surface area contributed by atoms with Crippen molar-refractivity contribution in [1.29, 1.82) is 0 Å². The molecule has 0 unspecified atom stereocenters. The molecule has 90 valence electrons. The molecule has 1 heterocycles. The van der Waals surface area contributed by atoms with Crippen LogP contribution in [0, 0.1) is 0 Å². The monoisotopic (exact) mass is 282 g/mol. The van der Waals surface area contributed by atoms with Gasteiger partial charge in [0.25, 0.3) is 0 Å². The third kappa shape index (κ3) is 3.67. The summed E-state index contributed by atoms with van der Waals surface area (Å²) >= 11 is 17.6. The van der Waals surface area contributed by atoms with Gasteiger partial charge in [-0.05, 0) is 19.9 Å². The molecule has 0 aromatic carbocycles. The van der Waals surface area contributed by atoms with Gasteiger partial charge in [0.1, 0.15) is 11.0 Å². The molecule has 3 nitrogen and oxygen atoms in total. The first-order valence-electron chi connectivity index (χ1n) is 4.66. The van der Waals surface area contributed by atoms with Crippen molar-refractivity contribution in [2.75, 3.05) is 18.5 Å². The molecule has 0 saturated carbocycles. The average Bonchev–Trinajstić information content (AvgIpc) is 2.08. The molecule has 0 aliphatic rings. The molecular weight excluding hydrogens is 270 g/mol. The topological polar surface area (TPSA) is 36.4 Å². The lowest BCUT2D eigenvalue weighted by atomic mass is 10.1. The molecule has 16 heavy (non-hydrogen) atoms. The minimum Gasteiger partial charge on any atom is -0.389 e. The molecule has 0 amide bonds. The molecule has 1 aromatic rings. The van der Waals surface area contributed by atoms with E-state index in [1.165, 1.54) is 6.07 Å². The largest absolute Gasteiger partial charge is 0.389 e. The van der Waals surface area contributed by atoms with Crippen LogP contribution in [0.25, 0.3) is 0 Å². The van der Waals surface area contributed by atoms with Crippen LogP contribution >= 0.6 is 34.8 Å². The second-order valence-corrected chi connectivity index (χ2v) is 5.41.